The minimum absolute atomic E-state index is 0.0719. The first-order valence-corrected chi connectivity index (χ1v) is 8.03. The number of nitrogens with zero attached hydrogens (tertiary/aromatic N) is 2. The van der Waals surface area contributed by atoms with Crippen LogP contribution in [0.5, 0.6) is 0 Å². The van der Waals surface area contributed by atoms with Crippen molar-refractivity contribution in [3.63, 3.8) is 0 Å². The lowest BCUT2D eigenvalue weighted by atomic mass is 9.93. The standard InChI is InChI=1S/C18H22F2N2O2/c1-10-14(21(5)17(23)24-18(2,3)4)9-11-8-13(19)15(20)12-6-7-22(10)16(11)12/h6-8,10,14H,9H2,1-5H3/t10-,14-/m1/s1. The molecular formula is C18H22F2N2O2. The molecule has 2 atom stereocenters. The van der Waals surface area contributed by atoms with E-state index >= 15 is 0 Å². The normalized spacial score (nSPS) is 20.3. The minimum Gasteiger partial charge on any atom is -0.444 e. The highest BCUT2D eigenvalue weighted by Gasteiger charge is 2.35. The Hall–Kier alpha value is -2.11. The molecule has 0 saturated heterocycles. The van der Waals surface area contributed by atoms with Crippen LogP contribution in [0.4, 0.5) is 13.6 Å². The van der Waals surface area contributed by atoms with Crippen LogP contribution < -0.4 is 0 Å². The molecule has 3 rings (SSSR count). The number of amides is 1. The van der Waals surface area contributed by atoms with E-state index < -0.39 is 23.3 Å². The summed E-state index contributed by atoms with van der Waals surface area (Å²) in [6.07, 6.45) is 1.78. The second-order valence-electron chi connectivity index (χ2n) is 7.42. The summed E-state index contributed by atoms with van der Waals surface area (Å²) in [5.41, 5.74) is 0.819. The van der Waals surface area contributed by atoms with E-state index in [2.05, 4.69) is 0 Å². The van der Waals surface area contributed by atoms with Crippen LogP contribution in [0.2, 0.25) is 0 Å². The van der Waals surface area contributed by atoms with E-state index in [9.17, 15) is 13.6 Å². The van der Waals surface area contributed by atoms with Crippen LogP contribution in [-0.2, 0) is 11.2 Å². The summed E-state index contributed by atoms with van der Waals surface area (Å²) in [5.74, 6) is -1.68. The molecule has 2 heterocycles. The summed E-state index contributed by atoms with van der Waals surface area (Å²) in [6.45, 7) is 7.40. The smallest absolute Gasteiger partial charge is 0.410 e. The third kappa shape index (κ3) is 2.64. The largest absolute Gasteiger partial charge is 0.444 e. The number of carbonyl (C=O) groups excluding carboxylic acids is 1. The summed E-state index contributed by atoms with van der Waals surface area (Å²) >= 11 is 0. The van der Waals surface area contributed by atoms with Crippen LogP contribution in [0.25, 0.3) is 10.9 Å². The van der Waals surface area contributed by atoms with Crippen molar-refractivity contribution in [2.75, 3.05) is 7.05 Å². The minimum atomic E-state index is -0.858. The van der Waals surface area contributed by atoms with Crippen molar-refractivity contribution in [1.29, 1.82) is 0 Å². The summed E-state index contributed by atoms with van der Waals surface area (Å²) in [7, 11) is 1.68. The van der Waals surface area contributed by atoms with Gasteiger partial charge < -0.3 is 14.2 Å². The molecular weight excluding hydrogens is 314 g/mol. The Morgan fingerprint density at radius 1 is 1.38 bits per heavy atom. The third-order valence-electron chi connectivity index (χ3n) is 4.57. The number of likely N-dealkylation sites (N-methyl/N-ethyl adjacent to an activating group) is 1. The zero-order valence-corrected chi connectivity index (χ0v) is 14.6. The maximum absolute atomic E-state index is 14.0. The van der Waals surface area contributed by atoms with Crippen molar-refractivity contribution >= 4 is 17.0 Å². The Balaban J connectivity index is 1.97. The maximum atomic E-state index is 14.0. The fraction of sp³-hybridized carbons (Fsp3) is 0.500. The molecule has 2 aromatic rings. The molecule has 0 spiro atoms. The lowest BCUT2D eigenvalue weighted by Crippen LogP contribution is -2.46. The second kappa shape index (κ2) is 5.46. The molecule has 130 valence electrons. The number of benzene rings is 1. The van der Waals surface area contributed by atoms with E-state index in [1.807, 2.05) is 32.3 Å². The monoisotopic (exact) mass is 336 g/mol. The SMILES string of the molecule is C[C@@H]1[C@H](N(C)C(=O)OC(C)(C)C)Cc2cc(F)c(F)c3ccn1c23. The number of ether oxygens (including phenoxy) is 1. The predicted octanol–water partition coefficient (Wildman–Crippen LogP) is 4.27. The van der Waals surface area contributed by atoms with Gasteiger partial charge in [-0.2, -0.15) is 0 Å². The van der Waals surface area contributed by atoms with E-state index in [-0.39, 0.29) is 17.5 Å². The Morgan fingerprint density at radius 3 is 2.67 bits per heavy atom. The topological polar surface area (TPSA) is 34.5 Å². The van der Waals surface area contributed by atoms with E-state index in [1.54, 1.807) is 24.2 Å². The average Bonchev–Trinajstić information content (AvgIpc) is 2.91. The molecule has 1 aromatic carbocycles. The van der Waals surface area contributed by atoms with Gasteiger partial charge in [0.25, 0.3) is 0 Å². The number of hydrogen-bond donors (Lipinski definition) is 0. The number of aromatic nitrogens is 1. The summed E-state index contributed by atoms with van der Waals surface area (Å²) in [4.78, 5) is 13.9. The number of hydrogen-bond acceptors (Lipinski definition) is 2. The van der Waals surface area contributed by atoms with Crippen LogP contribution in [0.15, 0.2) is 18.3 Å². The van der Waals surface area contributed by atoms with Crippen LogP contribution in [0, 0.1) is 11.6 Å². The molecule has 0 bridgehead atoms. The Morgan fingerprint density at radius 2 is 2.04 bits per heavy atom. The molecule has 0 aliphatic carbocycles. The molecule has 24 heavy (non-hydrogen) atoms. The molecule has 0 fully saturated rings. The van der Waals surface area contributed by atoms with Crippen molar-refractivity contribution in [2.45, 2.75) is 51.8 Å². The Bertz CT molecular complexity index is 807. The van der Waals surface area contributed by atoms with Crippen molar-refractivity contribution in [3.8, 4) is 0 Å². The molecule has 4 nitrogen and oxygen atoms in total. The van der Waals surface area contributed by atoms with Gasteiger partial charge in [-0.3, -0.25) is 0 Å². The van der Waals surface area contributed by atoms with E-state index in [4.69, 9.17) is 4.74 Å². The number of halogens is 2. The van der Waals surface area contributed by atoms with Crippen molar-refractivity contribution in [1.82, 2.24) is 9.47 Å². The number of rotatable bonds is 1. The summed E-state index contributed by atoms with van der Waals surface area (Å²) < 4.78 is 35.2. The first-order valence-electron chi connectivity index (χ1n) is 8.03. The van der Waals surface area contributed by atoms with Gasteiger partial charge in [0.2, 0.25) is 0 Å². The van der Waals surface area contributed by atoms with Gasteiger partial charge in [-0.1, -0.05) is 0 Å². The highest BCUT2D eigenvalue weighted by atomic mass is 19.2. The van der Waals surface area contributed by atoms with Crippen LogP contribution in [0.3, 0.4) is 0 Å². The number of carbonyl (C=O) groups is 1. The van der Waals surface area contributed by atoms with Crippen LogP contribution in [0.1, 0.15) is 39.3 Å². The molecule has 1 aliphatic heterocycles. The molecule has 0 N–H and O–H groups in total. The van der Waals surface area contributed by atoms with Gasteiger partial charge in [-0.05, 0) is 51.8 Å². The van der Waals surface area contributed by atoms with Gasteiger partial charge in [0, 0.05) is 18.6 Å². The molecule has 6 heteroatoms. The molecule has 0 unspecified atom stereocenters. The molecule has 1 amide bonds. The first kappa shape index (κ1) is 16.7. The highest BCUT2D eigenvalue weighted by molar-refractivity contribution is 5.85. The van der Waals surface area contributed by atoms with Crippen LogP contribution in [-0.4, -0.2) is 34.3 Å². The lowest BCUT2D eigenvalue weighted by Gasteiger charge is -2.38. The summed E-state index contributed by atoms with van der Waals surface area (Å²) in [5, 5.41) is 0.287. The molecule has 0 saturated carbocycles. The zero-order chi connectivity index (χ0) is 17.8. The van der Waals surface area contributed by atoms with E-state index in [0.29, 0.717) is 17.5 Å². The third-order valence-corrected chi connectivity index (χ3v) is 4.57. The van der Waals surface area contributed by atoms with Gasteiger partial charge in [0.05, 0.1) is 17.6 Å². The fourth-order valence-corrected chi connectivity index (χ4v) is 3.38. The summed E-state index contributed by atoms with van der Waals surface area (Å²) in [6, 6.07) is 2.55. The van der Waals surface area contributed by atoms with Gasteiger partial charge >= 0.3 is 6.09 Å². The zero-order valence-electron chi connectivity index (χ0n) is 14.6. The predicted molar refractivity (Wildman–Crippen MR) is 88.1 cm³/mol. The lowest BCUT2D eigenvalue weighted by molar-refractivity contribution is 0.0174. The van der Waals surface area contributed by atoms with Gasteiger partial charge in [0.15, 0.2) is 11.6 Å². The Labute approximate surface area is 140 Å². The molecule has 1 aliphatic rings. The quantitative estimate of drug-likeness (QED) is 0.779. The highest BCUT2D eigenvalue weighted by Crippen LogP contribution is 2.36. The van der Waals surface area contributed by atoms with Gasteiger partial charge in [-0.25, -0.2) is 13.6 Å². The molecule has 1 aromatic heterocycles. The van der Waals surface area contributed by atoms with Crippen molar-refractivity contribution in [2.24, 2.45) is 0 Å². The van der Waals surface area contributed by atoms with Gasteiger partial charge in [0.1, 0.15) is 5.60 Å². The second-order valence-corrected chi connectivity index (χ2v) is 7.42. The first-order chi connectivity index (χ1) is 11.1. The maximum Gasteiger partial charge on any atom is 0.410 e. The van der Waals surface area contributed by atoms with Gasteiger partial charge in [-0.15, -0.1) is 0 Å². The molecule has 0 radical (unpaired) electrons. The van der Waals surface area contributed by atoms with Crippen molar-refractivity contribution < 1.29 is 18.3 Å². The Kier molecular flexibility index (Phi) is 3.81. The van der Waals surface area contributed by atoms with E-state index in [0.717, 1.165) is 0 Å². The van der Waals surface area contributed by atoms with Crippen molar-refractivity contribution in [3.05, 3.63) is 35.5 Å². The fourth-order valence-electron chi connectivity index (χ4n) is 3.38. The average molecular weight is 336 g/mol. The van der Waals surface area contributed by atoms with Crippen LogP contribution >= 0.6 is 0 Å². The van der Waals surface area contributed by atoms with E-state index in [1.165, 1.54) is 6.07 Å².